The van der Waals surface area contributed by atoms with Crippen molar-refractivity contribution in [3.63, 3.8) is 0 Å². The lowest BCUT2D eigenvalue weighted by molar-refractivity contribution is -0.148. The van der Waals surface area contributed by atoms with E-state index in [0.717, 1.165) is 3.57 Å². The molecule has 0 atom stereocenters. The summed E-state index contributed by atoms with van der Waals surface area (Å²) >= 11 is 2.18. The van der Waals surface area contributed by atoms with Gasteiger partial charge in [0.05, 0.1) is 11.9 Å². The molecule has 0 saturated carbocycles. The van der Waals surface area contributed by atoms with Crippen LogP contribution in [0.3, 0.4) is 0 Å². The van der Waals surface area contributed by atoms with E-state index in [1.54, 1.807) is 12.1 Å². The van der Waals surface area contributed by atoms with Crippen molar-refractivity contribution in [2.45, 2.75) is 6.04 Å². The van der Waals surface area contributed by atoms with Gasteiger partial charge in [0.15, 0.2) is 0 Å². The van der Waals surface area contributed by atoms with Crippen LogP contribution in [0.25, 0.3) is 0 Å². The van der Waals surface area contributed by atoms with Gasteiger partial charge in [0, 0.05) is 9.64 Å². The number of benzene rings is 1. The van der Waals surface area contributed by atoms with Gasteiger partial charge >= 0.3 is 11.9 Å². The van der Waals surface area contributed by atoms with Crippen LogP contribution >= 0.6 is 22.6 Å². The Morgan fingerprint density at radius 1 is 1.09 bits per heavy atom. The van der Waals surface area contributed by atoms with Gasteiger partial charge in [-0.2, -0.15) is 0 Å². The van der Waals surface area contributed by atoms with Crippen LogP contribution in [0, 0.1) is 3.57 Å². The highest BCUT2D eigenvalue weighted by molar-refractivity contribution is 14.1. The number of nitrogens with zero attached hydrogens (tertiary/aromatic N) is 1. The monoisotopic (exact) mass is 414 g/mol. The van der Waals surface area contributed by atoms with Crippen LogP contribution in [0.15, 0.2) is 42.6 Å². The summed E-state index contributed by atoms with van der Waals surface area (Å²) in [5.74, 6) is -2.03. The molecule has 0 saturated heterocycles. The summed E-state index contributed by atoms with van der Waals surface area (Å²) in [6.07, 6.45) is 1.31. The number of aromatic nitrogens is 1. The predicted molar refractivity (Wildman–Crippen MR) is 86.2 cm³/mol. The maximum atomic E-state index is 10.8. The first kappa shape index (κ1) is 16.0. The van der Waals surface area contributed by atoms with Crippen LogP contribution in [0.5, 0.6) is 11.6 Å². The molecule has 0 amide bonds. The maximum Gasteiger partial charge on any atom is 0.337 e. The number of anilines is 1. The van der Waals surface area contributed by atoms with Gasteiger partial charge in [-0.1, -0.05) is 0 Å². The standard InChI is InChI=1S/C14H11IN2O5/c15-8-1-4-10(5-2-8)22-11-6-3-9(7-16-11)17-12(13(18)19)14(20)21/h1-7,12,17H,(H,18,19)(H,20,21). The smallest absolute Gasteiger partial charge is 0.337 e. The lowest BCUT2D eigenvalue weighted by atomic mass is 10.3. The highest BCUT2D eigenvalue weighted by Crippen LogP contribution is 2.21. The number of carbonyl (C=O) groups is 2. The van der Waals surface area contributed by atoms with Gasteiger partial charge in [-0.25, -0.2) is 14.6 Å². The Hall–Kier alpha value is -2.36. The highest BCUT2D eigenvalue weighted by Gasteiger charge is 2.25. The van der Waals surface area contributed by atoms with Crippen LogP contribution in [-0.2, 0) is 9.59 Å². The Kier molecular flexibility index (Phi) is 5.15. The number of hydrogen-bond donors (Lipinski definition) is 3. The molecule has 1 aromatic heterocycles. The summed E-state index contributed by atoms with van der Waals surface area (Å²) in [5, 5.41) is 19.9. The van der Waals surface area contributed by atoms with E-state index < -0.39 is 18.0 Å². The molecule has 0 aliphatic carbocycles. The lowest BCUT2D eigenvalue weighted by Crippen LogP contribution is -2.37. The molecule has 1 heterocycles. The van der Waals surface area contributed by atoms with Crippen LogP contribution in [0.2, 0.25) is 0 Å². The summed E-state index contributed by atoms with van der Waals surface area (Å²) in [6.45, 7) is 0. The highest BCUT2D eigenvalue weighted by atomic mass is 127. The van der Waals surface area contributed by atoms with Gasteiger partial charge < -0.3 is 20.3 Å². The molecule has 0 fully saturated rings. The fraction of sp³-hybridized carbons (Fsp3) is 0.0714. The zero-order valence-corrected chi connectivity index (χ0v) is 13.2. The second-order valence-electron chi connectivity index (χ2n) is 4.19. The summed E-state index contributed by atoms with van der Waals surface area (Å²) in [6, 6.07) is 8.63. The number of hydrogen-bond acceptors (Lipinski definition) is 5. The van der Waals surface area contributed by atoms with Crippen molar-refractivity contribution in [1.82, 2.24) is 4.98 Å². The minimum absolute atomic E-state index is 0.268. The van der Waals surface area contributed by atoms with Crippen molar-refractivity contribution in [2.24, 2.45) is 0 Å². The van der Waals surface area contributed by atoms with Crippen molar-refractivity contribution in [2.75, 3.05) is 5.32 Å². The van der Waals surface area contributed by atoms with Gasteiger partial charge in [-0.3, -0.25) is 0 Å². The molecule has 0 unspecified atom stereocenters. The zero-order chi connectivity index (χ0) is 16.1. The summed E-state index contributed by atoms with van der Waals surface area (Å²) < 4.78 is 6.59. The maximum absolute atomic E-state index is 10.8. The van der Waals surface area contributed by atoms with Crippen molar-refractivity contribution in [1.29, 1.82) is 0 Å². The molecule has 114 valence electrons. The average molecular weight is 414 g/mol. The molecule has 3 N–H and O–H groups in total. The quantitative estimate of drug-likeness (QED) is 0.492. The Balaban J connectivity index is 2.05. The number of halogens is 1. The molecule has 1 aromatic carbocycles. The van der Waals surface area contributed by atoms with Crippen LogP contribution < -0.4 is 10.1 Å². The van der Waals surface area contributed by atoms with Crippen molar-refractivity contribution in [3.8, 4) is 11.6 Å². The van der Waals surface area contributed by atoms with Gasteiger partial charge in [-0.15, -0.1) is 0 Å². The van der Waals surface area contributed by atoms with Crippen molar-refractivity contribution >= 4 is 40.2 Å². The third-order valence-corrected chi connectivity index (χ3v) is 3.30. The van der Waals surface area contributed by atoms with Gasteiger partial charge in [0.25, 0.3) is 0 Å². The minimum Gasteiger partial charge on any atom is -0.479 e. The van der Waals surface area contributed by atoms with Crippen molar-refractivity contribution < 1.29 is 24.5 Å². The van der Waals surface area contributed by atoms with E-state index in [4.69, 9.17) is 14.9 Å². The number of ether oxygens (including phenoxy) is 1. The van der Waals surface area contributed by atoms with E-state index in [1.165, 1.54) is 18.3 Å². The van der Waals surface area contributed by atoms with Crippen LogP contribution in [0.4, 0.5) is 5.69 Å². The summed E-state index contributed by atoms with van der Waals surface area (Å²) in [4.78, 5) is 25.6. The second-order valence-corrected chi connectivity index (χ2v) is 5.44. The predicted octanol–water partition coefficient (Wildman–Crippen LogP) is 2.43. The Bertz CT molecular complexity index is 659. The van der Waals surface area contributed by atoms with Crippen LogP contribution in [0.1, 0.15) is 0 Å². The first-order valence-electron chi connectivity index (χ1n) is 6.07. The molecule has 0 aliphatic rings. The van der Waals surface area contributed by atoms with Gasteiger partial charge in [0.1, 0.15) is 5.75 Å². The molecule has 7 nitrogen and oxygen atoms in total. The minimum atomic E-state index is -1.73. The molecule has 2 aromatic rings. The Morgan fingerprint density at radius 3 is 2.23 bits per heavy atom. The average Bonchev–Trinajstić information content (AvgIpc) is 2.48. The lowest BCUT2D eigenvalue weighted by Gasteiger charge is -2.11. The SMILES string of the molecule is O=C(O)C(Nc1ccc(Oc2ccc(I)cc2)nc1)C(=O)O. The molecule has 0 aliphatic heterocycles. The Labute approximate surface area is 139 Å². The Morgan fingerprint density at radius 2 is 1.73 bits per heavy atom. The molecule has 0 radical (unpaired) electrons. The summed E-state index contributed by atoms with van der Waals surface area (Å²) in [7, 11) is 0. The van der Waals surface area contributed by atoms with E-state index in [-0.39, 0.29) is 5.69 Å². The van der Waals surface area contributed by atoms with E-state index in [2.05, 4.69) is 32.9 Å². The second kappa shape index (κ2) is 7.07. The number of carboxylic acid groups (broad SMARTS) is 2. The molecule has 0 spiro atoms. The van der Waals surface area contributed by atoms with Crippen molar-refractivity contribution in [3.05, 3.63) is 46.2 Å². The molecule has 22 heavy (non-hydrogen) atoms. The molecular formula is C14H11IN2O5. The largest absolute Gasteiger partial charge is 0.479 e. The third kappa shape index (κ3) is 4.32. The number of aliphatic carboxylic acids is 2. The molecule has 8 heteroatoms. The normalized spacial score (nSPS) is 10.3. The first-order chi connectivity index (χ1) is 10.5. The fourth-order valence-electron chi connectivity index (χ4n) is 1.55. The van der Waals surface area contributed by atoms with E-state index in [9.17, 15) is 9.59 Å². The van der Waals surface area contributed by atoms with E-state index >= 15 is 0 Å². The topological polar surface area (TPSA) is 109 Å². The fourth-order valence-corrected chi connectivity index (χ4v) is 1.90. The third-order valence-electron chi connectivity index (χ3n) is 2.58. The van der Waals surface area contributed by atoms with E-state index in [1.807, 2.05) is 12.1 Å². The summed E-state index contributed by atoms with van der Waals surface area (Å²) in [5.41, 5.74) is 0.268. The van der Waals surface area contributed by atoms with Gasteiger partial charge in [0.2, 0.25) is 11.9 Å². The number of carboxylic acids is 2. The molecule has 2 rings (SSSR count). The molecular weight excluding hydrogens is 403 g/mol. The first-order valence-corrected chi connectivity index (χ1v) is 7.15. The van der Waals surface area contributed by atoms with Gasteiger partial charge in [-0.05, 0) is 52.9 Å². The number of rotatable bonds is 6. The van der Waals surface area contributed by atoms with Crippen LogP contribution in [-0.4, -0.2) is 33.2 Å². The zero-order valence-electron chi connectivity index (χ0n) is 11.1. The molecule has 0 bridgehead atoms. The number of pyridine rings is 1. The number of nitrogens with one attached hydrogen (secondary N) is 1. The van der Waals surface area contributed by atoms with E-state index in [0.29, 0.717) is 11.6 Å².